The maximum absolute atomic E-state index is 11.0. The van der Waals surface area contributed by atoms with Gasteiger partial charge < -0.3 is 5.73 Å². The molecule has 0 spiro atoms. The van der Waals surface area contributed by atoms with Crippen molar-refractivity contribution >= 4 is 5.69 Å². The first kappa shape index (κ1) is 12.3. The quantitative estimate of drug-likeness (QED) is 0.661. The Bertz CT molecular complexity index is 604. The third-order valence-corrected chi connectivity index (χ3v) is 2.95. The Hall–Kier alpha value is -2.21. The number of aromatic nitrogens is 2. The molecule has 18 heavy (non-hydrogen) atoms. The highest BCUT2D eigenvalue weighted by Crippen LogP contribution is 2.25. The summed E-state index contributed by atoms with van der Waals surface area (Å²) in [5.74, 6) is 0. The predicted molar refractivity (Wildman–Crippen MR) is 67.6 cm³/mol. The topological polar surface area (TPSA) is 87.0 Å². The van der Waals surface area contributed by atoms with Gasteiger partial charge in [-0.1, -0.05) is 12.1 Å². The fraction of sp³-hybridized carbons (Fsp3) is 0.250. The van der Waals surface area contributed by atoms with Crippen LogP contribution in [0.25, 0.3) is 5.69 Å². The molecule has 2 N–H and O–H groups in total. The molecule has 0 aliphatic heterocycles. The fourth-order valence-electron chi connectivity index (χ4n) is 2.00. The first-order valence-electron chi connectivity index (χ1n) is 5.55. The lowest BCUT2D eigenvalue weighted by molar-refractivity contribution is -0.384. The minimum Gasteiger partial charge on any atom is -0.326 e. The number of nitrogens with zero attached hydrogens (tertiary/aromatic N) is 3. The Labute approximate surface area is 104 Å². The molecule has 0 aliphatic rings. The monoisotopic (exact) mass is 246 g/mol. The van der Waals surface area contributed by atoms with Gasteiger partial charge in [-0.3, -0.25) is 10.1 Å². The van der Waals surface area contributed by atoms with Crippen molar-refractivity contribution in [3.05, 3.63) is 51.3 Å². The normalized spacial score (nSPS) is 10.6. The molecule has 2 aromatic rings. The summed E-state index contributed by atoms with van der Waals surface area (Å²) < 4.78 is 1.58. The van der Waals surface area contributed by atoms with Crippen molar-refractivity contribution in [1.82, 2.24) is 9.78 Å². The van der Waals surface area contributed by atoms with E-state index in [9.17, 15) is 10.1 Å². The van der Waals surface area contributed by atoms with Crippen molar-refractivity contribution in [3.8, 4) is 5.69 Å². The lowest BCUT2D eigenvalue weighted by Gasteiger charge is -2.05. The average Bonchev–Trinajstić information content (AvgIpc) is 2.64. The molecule has 2 rings (SSSR count). The van der Waals surface area contributed by atoms with Crippen LogP contribution in [0, 0.1) is 24.0 Å². The second-order valence-corrected chi connectivity index (χ2v) is 4.01. The van der Waals surface area contributed by atoms with Crippen LogP contribution in [0.15, 0.2) is 24.3 Å². The molecule has 6 heteroatoms. The number of nitrogens with two attached hydrogens (primary N) is 1. The number of benzene rings is 1. The van der Waals surface area contributed by atoms with E-state index in [2.05, 4.69) is 5.10 Å². The second-order valence-electron chi connectivity index (χ2n) is 4.01. The highest BCUT2D eigenvalue weighted by Gasteiger charge is 2.19. The zero-order valence-electron chi connectivity index (χ0n) is 10.3. The molecule has 0 saturated carbocycles. The second kappa shape index (κ2) is 4.58. The van der Waals surface area contributed by atoms with E-state index in [4.69, 9.17) is 5.73 Å². The Morgan fingerprint density at radius 3 is 2.61 bits per heavy atom. The zero-order valence-corrected chi connectivity index (χ0v) is 10.3. The molecule has 0 amide bonds. The van der Waals surface area contributed by atoms with Gasteiger partial charge in [0.15, 0.2) is 0 Å². The van der Waals surface area contributed by atoms with Crippen LogP contribution in [-0.4, -0.2) is 14.7 Å². The van der Waals surface area contributed by atoms with Crippen LogP contribution in [0.5, 0.6) is 0 Å². The van der Waals surface area contributed by atoms with E-state index in [1.807, 2.05) is 13.8 Å². The predicted octanol–water partition coefficient (Wildman–Crippen LogP) is 1.86. The number of para-hydroxylation sites is 2. The average molecular weight is 246 g/mol. The first-order chi connectivity index (χ1) is 8.56. The van der Waals surface area contributed by atoms with Crippen LogP contribution in [0.4, 0.5) is 5.69 Å². The van der Waals surface area contributed by atoms with Gasteiger partial charge in [-0.15, -0.1) is 0 Å². The molecule has 0 unspecified atom stereocenters. The van der Waals surface area contributed by atoms with Gasteiger partial charge in [0, 0.05) is 23.9 Å². The summed E-state index contributed by atoms with van der Waals surface area (Å²) >= 11 is 0. The molecule has 1 aromatic carbocycles. The standard InChI is InChI=1S/C12H14N4O2/c1-8-10(7-13)9(2)15(14-8)11-5-3-4-6-12(11)16(17)18/h3-6H,7,13H2,1-2H3. The van der Waals surface area contributed by atoms with E-state index >= 15 is 0 Å². The number of aryl methyl sites for hydroxylation is 1. The van der Waals surface area contributed by atoms with Crippen molar-refractivity contribution in [2.24, 2.45) is 5.73 Å². The molecule has 6 nitrogen and oxygen atoms in total. The summed E-state index contributed by atoms with van der Waals surface area (Å²) in [5, 5.41) is 15.3. The van der Waals surface area contributed by atoms with E-state index in [0.29, 0.717) is 12.2 Å². The minimum atomic E-state index is -0.409. The Morgan fingerprint density at radius 2 is 2.06 bits per heavy atom. The van der Waals surface area contributed by atoms with Gasteiger partial charge in [0.25, 0.3) is 5.69 Å². The van der Waals surface area contributed by atoms with Crippen molar-refractivity contribution in [3.63, 3.8) is 0 Å². The van der Waals surface area contributed by atoms with Crippen molar-refractivity contribution in [1.29, 1.82) is 0 Å². The Morgan fingerprint density at radius 1 is 1.39 bits per heavy atom. The molecular formula is C12H14N4O2. The van der Waals surface area contributed by atoms with E-state index in [0.717, 1.165) is 17.0 Å². The molecule has 0 saturated heterocycles. The van der Waals surface area contributed by atoms with Gasteiger partial charge in [-0.05, 0) is 19.9 Å². The van der Waals surface area contributed by atoms with Crippen LogP contribution in [-0.2, 0) is 6.54 Å². The van der Waals surface area contributed by atoms with E-state index in [1.165, 1.54) is 6.07 Å². The SMILES string of the molecule is Cc1nn(-c2ccccc2[N+](=O)[O-])c(C)c1CN. The molecule has 1 heterocycles. The van der Waals surface area contributed by atoms with Crippen LogP contribution < -0.4 is 5.73 Å². The van der Waals surface area contributed by atoms with Crippen LogP contribution in [0.1, 0.15) is 17.0 Å². The van der Waals surface area contributed by atoms with Gasteiger partial charge in [0.05, 0.1) is 10.6 Å². The molecular weight excluding hydrogens is 232 g/mol. The van der Waals surface area contributed by atoms with Gasteiger partial charge in [0.2, 0.25) is 0 Å². The smallest absolute Gasteiger partial charge is 0.294 e. The van der Waals surface area contributed by atoms with Crippen LogP contribution in [0.3, 0.4) is 0 Å². The molecule has 0 fully saturated rings. The lowest BCUT2D eigenvalue weighted by atomic mass is 10.2. The van der Waals surface area contributed by atoms with Gasteiger partial charge in [-0.25, -0.2) is 4.68 Å². The molecule has 0 atom stereocenters. The highest BCUT2D eigenvalue weighted by atomic mass is 16.6. The van der Waals surface area contributed by atoms with E-state index in [1.54, 1.807) is 22.9 Å². The van der Waals surface area contributed by atoms with E-state index < -0.39 is 4.92 Å². The summed E-state index contributed by atoms with van der Waals surface area (Å²) in [4.78, 5) is 10.6. The molecule has 0 bridgehead atoms. The summed E-state index contributed by atoms with van der Waals surface area (Å²) in [6.07, 6.45) is 0. The van der Waals surface area contributed by atoms with Gasteiger partial charge >= 0.3 is 0 Å². The molecule has 1 aromatic heterocycles. The van der Waals surface area contributed by atoms with Crippen molar-refractivity contribution in [2.75, 3.05) is 0 Å². The highest BCUT2D eigenvalue weighted by molar-refractivity contribution is 5.53. The van der Waals surface area contributed by atoms with Crippen molar-refractivity contribution < 1.29 is 4.92 Å². The minimum absolute atomic E-state index is 0.0340. The molecule has 0 aliphatic carbocycles. The van der Waals surface area contributed by atoms with Gasteiger partial charge in [0.1, 0.15) is 5.69 Å². The Balaban J connectivity index is 2.66. The number of rotatable bonds is 3. The summed E-state index contributed by atoms with van der Waals surface area (Å²) in [6, 6.07) is 6.53. The largest absolute Gasteiger partial charge is 0.326 e. The Kier molecular flexibility index (Phi) is 3.12. The molecule has 0 radical (unpaired) electrons. The summed E-state index contributed by atoms with van der Waals surface area (Å²) in [7, 11) is 0. The third kappa shape index (κ3) is 1.86. The summed E-state index contributed by atoms with van der Waals surface area (Å²) in [6.45, 7) is 4.08. The van der Waals surface area contributed by atoms with Crippen molar-refractivity contribution in [2.45, 2.75) is 20.4 Å². The number of hydrogen-bond donors (Lipinski definition) is 1. The fourth-order valence-corrected chi connectivity index (χ4v) is 2.00. The summed E-state index contributed by atoms with van der Waals surface area (Å²) in [5.41, 5.74) is 8.71. The maximum atomic E-state index is 11.0. The number of hydrogen-bond acceptors (Lipinski definition) is 4. The zero-order chi connectivity index (χ0) is 13.3. The van der Waals surface area contributed by atoms with Gasteiger partial charge in [-0.2, -0.15) is 5.10 Å². The van der Waals surface area contributed by atoms with Crippen LogP contribution in [0.2, 0.25) is 0 Å². The third-order valence-electron chi connectivity index (χ3n) is 2.95. The number of nitro benzene ring substituents is 1. The molecule has 94 valence electrons. The van der Waals surface area contributed by atoms with Crippen LogP contribution >= 0.6 is 0 Å². The maximum Gasteiger partial charge on any atom is 0.294 e. The number of nitro groups is 1. The van der Waals surface area contributed by atoms with E-state index in [-0.39, 0.29) is 5.69 Å². The lowest BCUT2D eigenvalue weighted by Crippen LogP contribution is -2.04. The first-order valence-corrected chi connectivity index (χ1v) is 5.55.